The molecule has 0 atom stereocenters. The van der Waals surface area contributed by atoms with Crippen LogP contribution in [-0.4, -0.2) is 34.7 Å². The van der Waals surface area contributed by atoms with Gasteiger partial charge < -0.3 is 10.1 Å². The van der Waals surface area contributed by atoms with E-state index in [1.165, 1.54) is 13.2 Å². The SMILES string of the molecule is COc1c(Br)cc(Cl)cc1S(=O)(=O)NC1CNC1. The van der Waals surface area contributed by atoms with Crippen molar-refractivity contribution in [2.75, 3.05) is 20.2 Å². The zero-order chi connectivity index (χ0) is 13.3. The molecule has 1 aliphatic heterocycles. The van der Waals surface area contributed by atoms with E-state index in [0.29, 0.717) is 22.6 Å². The summed E-state index contributed by atoms with van der Waals surface area (Å²) in [5.74, 6) is 0.249. The number of halogens is 2. The molecule has 0 bridgehead atoms. The largest absolute Gasteiger partial charge is 0.494 e. The Morgan fingerprint density at radius 3 is 2.67 bits per heavy atom. The molecule has 0 aromatic heterocycles. The molecule has 2 rings (SSSR count). The average molecular weight is 356 g/mol. The monoisotopic (exact) mass is 354 g/mol. The summed E-state index contributed by atoms with van der Waals surface area (Å²) in [6.07, 6.45) is 0. The molecule has 0 spiro atoms. The highest BCUT2D eigenvalue weighted by molar-refractivity contribution is 9.10. The number of sulfonamides is 1. The van der Waals surface area contributed by atoms with Gasteiger partial charge in [-0.15, -0.1) is 0 Å². The summed E-state index contributed by atoms with van der Waals surface area (Å²) < 4.78 is 32.6. The molecular weight excluding hydrogens is 344 g/mol. The molecule has 0 unspecified atom stereocenters. The fourth-order valence-electron chi connectivity index (χ4n) is 1.59. The summed E-state index contributed by atoms with van der Waals surface area (Å²) in [6.45, 7) is 1.26. The van der Waals surface area contributed by atoms with E-state index in [9.17, 15) is 8.42 Å². The number of ether oxygens (including phenoxy) is 1. The van der Waals surface area contributed by atoms with E-state index in [1.54, 1.807) is 6.07 Å². The number of hydrogen-bond donors (Lipinski definition) is 2. The van der Waals surface area contributed by atoms with Crippen LogP contribution >= 0.6 is 27.5 Å². The Bertz CT molecular complexity index is 560. The molecule has 5 nitrogen and oxygen atoms in total. The van der Waals surface area contributed by atoms with Crippen molar-refractivity contribution in [3.63, 3.8) is 0 Å². The van der Waals surface area contributed by atoms with Crippen LogP contribution in [-0.2, 0) is 10.0 Å². The molecule has 0 amide bonds. The second-order valence-electron chi connectivity index (χ2n) is 3.90. The zero-order valence-corrected chi connectivity index (χ0v) is 12.7. The van der Waals surface area contributed by atoms with Gasteiger partial charge in [0, 0.05) is 24.2 Å². The van der Waals surface area contributed by atoms with Gasteiger partial charge in [0.25, 0.3) is 0 Å². The highest BCUT2D eigenvalue weighted by Gasteiger charge is 2.28. The summed E-state index contributed by atoms with van der Waals surface area (Å²) in [5, 5.41) is 3.32. The van der Waals surface area contributed by atoms with Crippen LogP contribution in [0.2, 0.25) is 5.02 Å². The quantitative estimate of drug-likeness (QED) is 0.856. The minimum atomic E-state index is -3.64. The summed E-state index contributed by atoms with van der Waals surface area (Å²) in [6, 6.07) is 2.88. The molecule has 8 heteroatoms. The lowest BCUT2D eigenvalue weighted by Gasteiger charge is -2.28. The van der Waals surface area contributed by atoms with E-state index in [2.05, 4.69) is 26.0 Å². The fraction of sp³-hybridized carbons (Fsp3) is 0.400. The summed E-state index contributed by atoms with van der Waals surface area (Å²) in [5.41, 5.74) is 0. The molecule has 1 aromatic carbocycles. The van der Waals surface area contributed by atoms with E-state index in [1.807, 2.05) is 0 Å². The number of nitrogens with one attached hydrogen (secondary N) is 2. The smallest absolute Gasteiger partial charge is 0.244 e. The van der Waals surface area contributed by atoms with Crippen LogP contribution in [0.4, 0.5) is 0 Å². The van der Waals surface area contributed by atoms with Crippen molar-refractivity contribution < 1.29 is 13.2 Å². The van der Waals surface area contributed by atoms with E-state index < -0.39 is 10.0 Å². The number of rotatable bonds is 4. The molecule has 2 N–H and O–H groups in total. The predicted octanol–water partition coefficient (Wildman–Crippen LogP) is 1.36. The Kier molecular flexibility index (Phi) is 4.18. The lowest BCUT2D eigenvalue weighted by atomic mass is 10.2. The van der Waals surface area contributed by atoms with Crippen LogP contribution in [0.1, 0.15) is 0 Å². The molecule has 1 fully saturated rings. The third-order valence-electron chi connectivity index (χ3n) is 2.57. The number of methoxy groups -OCH3 is 1. The van der Waals surface area contributed by atoms with Crippen molar-refractivity contribution in [1.82, 2.24) is 10.0 Å². The molecule has 0 aliphatic carbocycles. The Morgan fingerprint density at radius 2 is 2.17 bits per heavy atom. The van der Waals surface area contributed by atoms with Gasteiger partial charge in [-0.1, -0.05) is 11.6 Å². The van der Waals surface area contributed by atoms with Crippen LogP contribution in [0.3, 0.4) is 0 Å². The van der Waals surface area contributed by atoms with Gasteiger partial charge in [-0.2, -0.15) is 0 Å². The zero-order valence-electron chi connectivity index (χ0n) is 9.54. The van der Waals surface area contributed by atoms with Crippen molar-refractivity contribution in [3.05, 3.63) is 21.6 Å². The van der Waals surface area contributed by atoms with Gasteiger partial charge in [-0.3, -0.25) is 0 Å². The predicted molar refractivity (Wildman–Crippen MR) is 72.7 cm³/mol. The summed E-state index contributed by atoms with van der Waals surface area (Å²) in [7, 11) is -2.22. The molecule has 1 heterocycles. The van der Waals surface area contributed by atoms with Crippen molar-refractivity contribution in [1.29, 1.82) is 0 Å². The first-order chi connectivity index (χ1) is 8.44. The third-order valence-corrected chi connectivity index (χ3v) is 4.90. The third kappa shape index (κ3) is 2.80. The maximum atomic E-state index is 12.2. The minimum absolute atomic E-state index is 0.0382. The second-order valence-corrected chi connectivity index (χ2v) is 6.87. The summed E-state index contributed by atoms with van der Waals surface area (Å²) in [4.78, 5) is 0.0382. The Hall–Kier alpha value is -0.340. The lowest BCUT2D eigenvalue weighted by Crippen LogP contribution is -2.56. The Balaban J connectivity index is 2.41. The second kappa shape index (κ2) is 5.34. The maximum Gasteiger partial charge on any atom is 0.244 e. The van der Waals surface area contributed by atoms with Gasteiger partial charge in [0.15, 0.2) is 5.75 Å². The minimum Gasteiger partial charge on any atom is -0.494 e. The van der Waals surface area contributed by atoms with Gasteiger partial charge in [-0.25, -0.2) is 13.1 Å². The van der Waals surface area contributed by atoms with Gasteiger partial charge >= 0.3 is 0 Å². The highest BCUT2D eigenvalue weighted by Crippen LogP contribution is 2.35. The first-order valence-electron chi connectivity index (χ1n) is 5.20. The maximum absolute atomic E-state index is 12.2. The van der Waals surface area contributed by atoms with Crippen molar-refractivity contribution >= 4 is 37.6 Å². The van der Waals surface area contributed by atoms with Gasteiger partial charge in [0.1, 0.15) is 4.90 Å². The molecule has 1 aliphatic rings. The van der Waals surface area contributed by atoms with Crippen molar-refractivity contribution in [3.8, 4) is 5.75 Å². The van der Waals surface area contributed by atoms with Crippen LogP contribution in [0, 0.1) is 0 Å². The fourth-order valence-corrected chi connectivity index (χ4v) is 4.21. The molecule has 0 radical (unpaired) electrons. The van der Waals surface area contributed by atoms with Crippen LogP contribution in [0.25, 0.3) is 0 Å². The standard InChI is InChI=1S/C10H12BrClN2O3S/c1-17-10-8(11)2-6(12)3-9(10)18(15,16)14-7-4-13-5-7/h2-3,7,13-14H,4-5H2,1H3. The molecule has 1 saturated heterocycles. The van der Waals surface area contributed by atoms with E-state index in [-0.39, 0.29) is 16.7 Å². The van der Waals surface area contributed by atoms with E-state index in [0.717, 1.165) is 0 Å². The molecular formula is C10H12BrClN2O3S. The molecule has 0 saturated carbocycles. The van der Waals surface area contributed by atoms with E-state index >= 15 is 0 Å². The topological polar surface area (TPSA) is 67.4 Å². The molecule has 1 aromatic rings. The lowest BCUT2D eigenvalue weighted by molar-refractivity contribution is 0.393. The number of hydrogen-bond acceptors (Lipinski definition) is 4. The van der Waals surface area contributed by atoms with Gasteiger partial charge in [0.05, 0.1) is 11.6 Å². The highest BCUT2D eigenvalue weighted by atomic mass is 79.9. The summed E-state index contributed by atoms with van der Waals surface area (Å²) >= 11 is 9.11. The number of benzene rings is 1. The van der Waals surface area contributed by atoms with E-state index in [4.69, 9.17) is 16.3 Å². The van der Waals surface area contributed by atoms with Crippen LogP contribution < -0.4 is 14.8 Å². The first kappa shape index (κ1) is 14.1. The Morgan fingerprint density at radius 1 is 1.50 bits per heavy atom. The van der Waals surface area contributed by atoms with Gasteiger partial charge in [-0.05, 0) is 28.1 Å². The molecule has 100 valence electrons. The van der Waals surface area contributed by atoms with Crippen molar-refractivity contribution in [2.45, 2.75) is 10.9 Å². The average Bonchev–Trinajstić information content (AvgIpc) is 2.23. The van der Waals surface area contributed by atoms with Gasteiger partial charge in [0.2, 0.25) is 10.0 Å². The van der Waals surface area contributed by atoms with Crippen LogP contribution in [0.5, 0.6) is 5.75 Å². The van der Waals surface area contributed by atoms with Crippen molar-refractivity contribution in [2.24, 2.45) is 0 Å². The van der Waals surface area contributed by atoms with Crippen LogP contribution in [0.15, 0.2) is 21.5 Å². The normalized spacial score (nSPS) is 16.4. The Labute approximate surface area is 119 Å². The molecule has 18 heavy (non-hydrogen) atoms. The first-order valence-corrected chi connectivity index (χ1v) is 7.85.